The van der Waals surface area contributed by atoms with Crippen molar-refractivity contribution >= 4 is 16.9 Å². The smallest absolute Gasteiger partial charge is 0.227 e. The monoisotopic (exact) mass is 362 g/mol. The molecule has 0 radical (unpaired) electrons. The fraction of sp³-hybridized carbons (Fsp3) is 0.348. The fourth-order valence-electron chi connectivity index (χ4n) is 4.03. The predicted octanol–water partition coefficient (Wildman–Crippen LogP) is 3.94. The summed E-state index contributed by atoms with van der Waals surface area (Å²) in [7, 11) is 0. The Morgan fingerprint density at radius 3 is 2.52 bits per heavy atom. The largest absolute Gasteiger partial charge is 0.464 e. The number of rotatable bonds is 4. The predicted molar refractivity (Wildman–Crippen MR) is 108 cm³/mol. The van der Waals surface area contributed by atoms with Crippen LogP contribution in [-0.2, 0) is 17.8 Å². The van der Waals surface area contributed by atoms with Gasteiger partial charge in [-0.3, -0.25) is 9.69 Å². The average Bonchev–Trinajstić information content (AvgIpc) is 3.06. The molecule has 1 saturated heterocycles. The molecule has 4 rings (SSSR count). The van der Waals surface area contributed by atoms with Gasteiger partial charge in [0.2, 0.25) is 5.91 Å². The molecule has 27 heavy (non-hydrogen) atoms. The van der Waals surface area contributed by atoms with Crippen LogP contribution in [0.4, 0.5) is 0 Å². The van der Waals surface area contributed by atoms with E-state index < -0.39 is 0 Å². The standard InChI is InChI=1S/C23H26N2O2/c1-17-12-18(2)23-20(16-27-21(23)13-17)14-22(26)25-10-8-24(9-11-25)15-19-6-4-3-5-7-19/h3-7,12-13,16H,8-11,14-15H2,1-2H3. The first kappa shape index (κ1) is 17.8. The van der Waals surface area contributed by atoms with Crippen LogP contribution in [0.25, 0.3) is 11.0 Å². The van der Waals surface area contributed by atoms with Gasteiger partial charge in [-0.1, -0.05) is 36.4 Å². The normalized spacial score (nSPS) is 15.4. The zero-order chi connectivity index (χ0) is 18.8. The van der Waals surface area contributed by atoms with Crippen molar-refractivity contribution in [1.82, 2.24) is 9.80 Å². The van der Waals surface area contributed by atoms with Crippen molar-refractivity contribution < 1.29 is 9.21 Å². The van der Waals surface area contributed by atoms with Crippen LogP contribution >= 0.6 is 0 Å². The van der Waals surface area contributed by atoms with Gasteiger partial charge >= 0.3 is 0 Å². The summed E-state index contributed by atoms with van der Waals surface area (Å²) in [6.07, 6.45) is 2.16. The van der Waals surface area contributed by atoms with Crippen LogP contribution in [0.3, 0.4) is 0 Å². The highest BCUT2D eigenvalue weighted by Gasteiger charge is 2.22. The average molecular weight is 362 g/mol. The number of carbonyl (C=O) groups excluding carboxylic acids is 1. The van der Waals surface area contributed by atoms with Gasteiger partial charge in [0.1, 0.15) is 5.58 Å². The van der Waals surface area contributed by atoms with Gasteiger partial charge in [-0.05, 0) is 36.6 Å². The van der Waals surface area contributed by atoms with E-state index in [4.69, 9.17) is 4.42 Å². The summed E-state index contributed by atoms with van der Waals surface area (Å²) in [4.78, 5) is 17.2. The number of hydrogen-bond donors (Lipinski definition) is 0. The van der Waals surface area contributed by atoms with Crippen molar-refractivity contribution in [3.8, 4) is 0 Å². The molecule has 1 aromatic heterocycles. The van der Waals surface area contributed by atoms with Crippen molar-refractivity contribution in [2.45, 2.75) is 26.8 Å². The second-order valence-electron chi connectivity index (χ2n) is 7.54. The third kappa shape index (κ3) is 3.91. The van der Waals surface area contributed by atoms with Gasteiger partial charge in [0.15, 0.2) is 0 Å². The van der Waals surface area contributed by atoms with E-state index in [0.29, 0.717) is 6.42 Å². The molecule has 0 N–H and O–H groups in total. The van der Waals surface area contributed by atoms with E-state index in [-0.39, 0.29) is 5.91 Å². The summed E-state index contributed by atoms with van der Waals surface area (Å²) in [6.45, 7) is 8.53. The topological polar surface area (TPSA) is 36.7 Å². The van der Waals surface area contributed by atoms with Crippen molar-refractivity contribution in [2.24, 2.45) is 0 Å². The number of hydrogen-bond acceptors (Lipinski definition) is 3. The molecule has 140 valence electrons. The van der Waals surface area contributed by atoms with Crippen LogP contribution < -0.4 is 0 Å². The molecule has 0 spiro atoms. The molecule has 1 amide bonds. The number of fused-ring (bicyclic) bond motifs is 1. The van der Waals surface area contributed by atoms with E-state index in [1.165, 1.54) is 16.7 Å². The van der Waals surface area contributed by atoms with Crippen LogP contribution in [0.15, 0.2) is 53.1 Å². The number of benzene rings is 2. The highest BCUT2D eigenvalue weighted by molar-refractivity contribution is 5.90. The first-order valence-electron chi connectivity index (χ1n) is 9.61. The minimum Gasteiger partial charge on any atom is -0.464 e. The summed E-state index contributed by atoms with van der Waals surface area (Å²) in [5, 5.41) is 1.09. The number of amides is 1. The molecule has 1 aliphatic rings. The number of piperazine rings is 1. The van der Waals surface area contributed by atoms with Crippen molar-refractivity contribution in [1.29, 1.82) is 0 Å². The Bertz CT molecular complexity index is 938. The van der Waals surface area contributed by atoms with E-state index in [9.17, 15) is 4.79 Å². The molecule has 2 heterocycles. The van der Waals surface area contributed by atoms with Gasteiger partial charge in [-0.2, -0.15) is 0 Å². The maximum Gasteiger partial charge on any atom is 0.227 e. The molecule has 1 fully saturated rings. The molecule has 4 nitrogen and oxygen atoms in total. The van der Waals surface area contributed by atoms with Crippen LogP contribution in [0.5, 0.6) is 0 Å². The third-order valence-electron chi connectivity index (χ3n) is 5.41. The number of nitrogens with zero attached hydrogens (tertiary/aromatic N) is 2. The van der Waals surface area contributed by atoms with Gasteiger partial charge in [0.05, 0.1) is 12.7 Å². The molecular weight excluding hydrogens is 336 g/mol. The Labute approximate surface area is 160 Å². The van der Waals surface area contributed by atoms with Crippen molar-refractivity contribution in [3.63, 3.8) is 0 Å². The van der Waals surface area contributed by atoms with E-state index >= 15 is 0 Å². The van der Waals surface area contributed by atoms with Crippen LogP contribution in [0.1, 0.15) is 22.3 Å². The first-order valence-corrected chi connectivity index (χ1v) is 9.61. The maximum atomic E-state index is 12.8. The molecule has 0 bridgehead atoms. The Morgan fingerprint density at radius 2 is 1.78 bits per heavy atom. The summed E-state index contributed by atoms with van der Waals surface area (Å²) in [5.74, 6) is 0.192. The molecule has 0 atom stereocenters. The summed E-state index contributed by atoms with van der Waals surface area (Å²) in [5.41, 5.74) is 5.56. The Balaban J connectivity index is 1.37. The van der Waals surface area contributed by atoms with Crippen LogP contribution in [0, 0.1) is 13.8 Å². The van der Waals surface area contributed by atoms with E-state index in [1.54, 1.807) is 6.26 Å². The maximum absolute atomic E-state index is 12.8. The molecule has 3 aromatic rings. The Kier molecular flexibility index (Phi) is 4.99. The first-order chi connectivity index (χ1) is 13.1. The van der Waals surface area contributed by atoms with Crippen LogP contribution in [-0.4, -0.2) is 41.9 Å². The minimum atomic E-state index is 0.192. The molecule has 0 saturated carbocycles. The lowest BCUT2D eigenvalue weighted by molar-refractivity contribution is -0.132. The highest BCUT2D eigenvalue weighted by atomic mass is 16.3. The molecule has 0 unspecified atom stereocenters. The van der Waals surface area contributed by atoms with Gasteiger partial charge in [-0.15, -0.1) is 0 Å². The number of carbonyl (C=O) groups is 1. The minimum absolute atomic E-state index is 0.192. The summed E-state index contributed by atoms with van der Waals surface area (Å²) < 4.78 is 5.70. The quantitative estimate of drug-likeness (QED) is 0.705. The lowest BCUT2D eigenvalue weighted by atomic mass is 10.0. The lowest BCUT2D eigenvalue weighted by Crippen LogP contribution is -2.48. The molecule has 1 aliphatic heterocycles. The second kappa shape index (κ2) is 7.57. The zero-order valence-electron chi connectivity index (χ0n) is 16.1. The molecule has 2 aromatic carbocycles. The third-order valence-corrected chi connectivity index (χ3v) is 5.41. The van der Waals surface area contributed by atoms with Gasteiger partial charge in [0, 0.05) is 43.7 Å². The van der Waals surface area contributed by atoms with E-state index in [0.717, 1.165) is 49.3 Å². The van der Waals surface area contributed by atoms with Crippen LogP contribution in [0.2, 0.25) is 0 Å². The summed E-state index contributed by atoms with van der Waals surface area (Å²) >= 11 is 0. The van der Waals surface area contributed by atoms with Crippen molar-refractivity contribution in [2.75, 3.05) is 26.2 Å². The number of furan rings is 1. The second-order valence-corrected chi connectivity index (χ2v) is 7.54. The highest BCUT2D eigenvalue weighted by Crippen LogP contribution is 2.27. The summed E-state index contributed by atoms with van der Waals surface area (Å²) in [6, 6.07) is 14.7. The molecule has 0 aliphatic carbocycles. The fourth-order valence-corrected chi connectivity index (χ4v) is 4.03. The molecule has 4 heteroatoms. The van der Waals surface area contributed by atoms with E-state index in [1.807, 2.05) is 17.0 Å². The molecular formula is C23H26N2O2. The van der Waals surface area contributed by atoms with E-state index in [2.05, 4.69) is 49.1 Å². The zero-order valence-corrected chi connectivity index (χ0v) is 16.1. The van der Waals surface area contributed by atoms with Gasteiger partial charge in [-0.25, -0.2) is 0 Å². The van der Waals surface area contributed by atoms with Crippen molar-refractivity contribution in [3.05, 3.63) is 71.0 Å². The lowest BCUT2D eigenvalue weighted by Gasteiger charge is -2.34. The SMILES string of the molecule is Cc1cc(C)c2c(CC(=O)N3CCN(Cc4ccccc4)CC3)coc2c1. The Morgan fingerprint density at radius 1 is 1.04 bits per heavy atom. The Hall–Kier alpha value is -2.59. The number of aryl methyl sites for hydroxylation is 2. The van der Waals surface area contributed by atoms with Gasteiger partial charge in [0.25, 0.3) is 0 Å². The van der Waals surface area contributed by atoms with Gasteiger partial charge < -0.3 is 9.32 Å².